The Bertz CT molecular complexity index is 869. The number of carbonyl (C=O) groups is 2. The molecule has 0 saturated heterocycles. The quantitative estimate of drug-likeness (QED) is 0.697. The Morgan fingerprint density at radius 2 is 1.72 bits per heavy atom. The number of hydrogen-bond donors (Lipinski definition) is 2. The van der Waals surface area contributed by atoms with Gasteiger partial charge in [-0.25, -0.2) is 8.78 Å². The molecular formula is C22H27F2N3O2. The number of rotatable bonds is 8. The third kappa shape index (κ3) is 5.84. The Kier molecular flexibility index (Phi) is 7.84. The van der Waals surface area contributed by atoms with E-state index in [1.165, 1.54) is 12.1 Å². The van der Waals surface area contributed by atoms with Gasteiger partial charge in [0.25, 0.3) is 5.91 Å². The Balaban J connectivity index is 2.04. The minimum Gasteiger partial charge on any atom is -0.339 e. The van der Waals surface area contributed by atoms with Crippen molar-refractivity contribution in [3.05, 3.63) is 65.2 Å². The van der Waals surface area contributed by atoms with Gasteiger partial charge in [0, 0.05) is 42.0 Å². The van der Waals surface area contributed by atoms with E-state index in [4.69, 9.17) is 0 Å². The summed E-state index contributed by atoms with van der Waals surface area (Å²) >= 11 is 0. The van der Waals surface area contributed by atoms with E-state index in [0.717, 1.165) is 6.07 Å². The van der Waals surface area contributed by atoms with Crippen LogP contribution in [-0.4, -0.2) is 35.8 Å². The predicted octanol–water partition coefficient (Wildman–Crippen LogP) is 4.12. The minimum atomic E-state index is -0.666. The summed E-state index contributed by atoms with van der Waals surface area (Å²) in [7, 11) is 0. The lowest BCUT2D eigenvalue weighted by Crippen LogP contribution is -2.39. The second-order valence-electron chi connectivity index (χ2n) is 6.82. The Morgan fingerprint density at radius 1 is 1.03 bits per heavy atom. The van der Waals surface area contributed by atoms with Crippen molar-refractivity contribution in [3.63, 3.8) is 0 Å². The van der Waals surface area contributed by atoms with Gasteiger partial charge in [-0.3, -0.25) is 14.9 Å². The van der Waals surface area contributed by atoms with Crippen LogP contribution in [0, 0.1) is 11.6 Å². The fraction of sp³-hybridized carbons (Fsp3) is 0.364. The fourth-order valence-electron chi connectivity index (χ4n) is 3.07. The van der Waals surface area contributed by atoms with Crippen LogP contribution in [-0.2, 0) is 4.79 Å². The van der Waals surface area contributed by atoms with Crippen molar-refractivity contribution in [1.82, 2.24) is 10.2 Å². The molecule has 0 aliphatic carbocycles. The van der Waals surface area contributed by atoms with Gasteiger partial charge in [0.05, 0.1) is 6.04 Å². The van der Waals surface area contributed by atoms with E-state index in [1.54, 1.807) is 43.0 Å². The lowest BCUT2D eigenvalue weighted by atomic mass is 10.1. The summed E-state index contributed by atoms with van der Waals surface area (Å²) in [6.07, 6.45) is 0. The molecule has 2 amide bonds. The molecule has 2 atom stereocenters. The van der Waals surface area contributed by atoms with Crippen molar-refractivity contribution in [1.29, 1.82) is 0 Å². The van der Waals surface area contributed by atoms with E-state index in [9.17, 15) is 18.4 Å². The van der Waals surface area contributed by atoms with E-state index in [2.05, 4.69) is 10.6 Å². The zero-order valence-corrected chi connectivity index (χ0v) is 17.1. The molecule has 0 aliphatic heterocycles. The number of carbonyl (C=O) groups excluding carboxylic acids is 2. The highest BCUT2D eigenvalue weighted by Crippen LogP contribution is 2.19. The zero-order valence-electron chi connectivity index (χ0n) is 17.1. The molecule has 2 aromatic carbocycles. The molecule has 0 saturated carbocycles. The molecule has 2 N–H and O–H groups in total. The van der Waals surface area contributed by atoms with Crippen molar-refractivity contribution >= 4 is 17.5 Å². The van der Waals surface area contributed by atoms with Crippen LogP contribution >= 0.6 is 0 Å². The molecule has 7 heteroatoms. The van der Waals surface area contributed by atoms with Crippen LogP contribution in [0.5, 0.6) is 0 Å². The van der Waals surface area contributed by atoms with Gasteiger partial charge < -0.3 is 10.2 Å². The SMILES string of the molecule is CCN(CC)C(=O)c1cccc(NC(=O)C(C)NC(C)c2ccc(F)cc2F)c1. The molecule has 5 nitrogen and oxygen atoms in total. The van der Waals surface area contributed by atoms with Crippen molar-refractivity contribution < 1.29 is 18.4 Å². The van der Waals surface area contributed by atoms with Gasteiger partial charge in [0.15, 0.2) is 0 Å². The van der Waals surface area contributed by atoms with Gasteiger partial charge in [-0.05, 0) is 52.0 Å². The highest BCUT2D eigenvalue weighted by atomic mass is 19.1. The minimum absolute atomic E-state index is 0.0994. The van der Waals surface area contributed by atoms with Gasteiger partial charge in [0.1, 0.15) is 11.6 Å². The average molecular weight is 403 g/mol. The standard InChI is InChI=1S/C22H27F2N3O2/c1-5-27(6-2)22(29)16-8-7-9-18(12-16)26-21(28)15(4)25-14(3)19-11-10-17(23)13-20(19)24/h7-15,25H,5-6H2,1-4H3,(H,26,28). The first-order chi connectivity index (χ1) is 13.8. The van der Waals surface area contributed by atoms with E-state index in [0.29, 0.717) is 24.3 Å². The summed E-state index contributed by atoms with van der Waals surface area (Å²) in [5.41, 5.74) is 1.27. The lowest BCUT2D eigenvalue weighted by molar-refractivity contribution is -0.117. The first-order valence-corrected chi connectivity index (χ1v) is 9.68. The summed E-state index contributed by atoms with van der Waals surface area (Å²) in [6, 6.07) is 8.97. The van der Waals surface area contributed by atoms with Gasteiger partial charge >= 0.3 is 0 Å². The predicted molar refractivity (Wildman–Crippen MR) is 110 cm³/mol. The number of hydrogen-bond acceptors (Lipinski definition) is 3. The molecule has 0 bridgehead atoms. The lowest BCUT2D eigenvalue weighted by Gasteiger charge is -2.21. The van der Waals surface area contributed by atoms with E-state index in [1.807, 2.05) is 13.8 Å². The van der Waals surface area contributed by atoms with Crippen molar-refractivity contribution in [2.75, 3.05) is 18.4 Å². The molecule has 0 spiro atoms. The number of halogens is 2. The fourth-order valence-corrected chi connectivity index (χ4v) is 3.07. The van der Waals surface area contributed by atoms with Gasteiger partial charge in [-0.2, -0.15) is 0 Å². The third-order valence-corrected chi connectivity index (χ3v) is 4.75. The van der Waals surface area contributed by atoms with E-state index < -0.39 is 23.7 Å². The molecule has 0 heterocycles. The molecule has 2 aromatic rings. The van der Waals surface area contributed by atoms with E-state index >= 15 is 0 Å². The Labute approximate surface area is 170 Å². The first kappa shape index (κ1) is 22.5. The van der Waals surface area contributed by atoms with Crippen LogP contribution in [0.25, 0.3) is 0 Å². The molecular weight excluding hydrogens is 376 g/mol. The largest absolute Gasteiger partial charge is 0.339 e. The number of amides is 2. The van der Waals surface area contributed by atoms with Gasteiger partial charge in [-0.1, -0.05) is 12.1 Å². The number of nitrogens with zero attached hydrogens (tertiary/aromatic N) is 1. The second-order valence-corrected chi connectivity index (χ2v) is 6.82. The number of anilines is 1. The summed E-state index contributed by atoms with van der Waals surface area (Å²) in [6.45, 7) is 8.37. The maximum atomic E-state index is 13.9. The van der Waals surface area contributed by atoms with E-state index in [-0.39, 0.29) is 17.4 Å². The Morgan fingerprint density at radius 3 is 2.34 bits per heavy atom. The smallest absolute Gasteiger partial charge is 0.253 e. The molecule has 2 unspecified atom stereocenters. The van der Waals surface area contributed by atoms with Crippen molar-refractivity contribution in [2.45, 2.75) is 39.8 Å². The molecule has 0 aromatic heterocycles. The van der Waals surface area contributed by atoms with Gasteiger partial charge in [0.2, 0.25) is 5.91 Å². The number of nitrogens with one attached hydrogen (secondary N) is 2. The summed E-state index contributed by atoms with van der Waals surface area (Å²) in [5, 5.41) is 5.77. The maximum Gasteiger partial charge on any atom is 0.253 e. The summed E-state index contributed by atoms with van der Waals surface area (Å²) in [4.78, 5) is 26.7. The van der Waals surface area contributed by atoms with Gasteiger partial charge in [-0.15, -0.1) is 0 Å². The van der Waals surface area contributed by atoms with Crippen molar-refractivity contribution in [2.24, 2.45) is 0 Å². The maximum absolute atomic E-state index is 13.9. The molecule has 0 aliphatic rings. The van der Waals surface area contributed by atoms with Crippen LogP contribution in [0.2, 0.25) is 0 Å². The van der Waals surface area contributed by atoms with Crippen LogP contribution in [0.4, 0.5) is 14.5 Å². The van der Waals surface area contributed by atoms with Crippen LogP contribution in [0.1, 0.15) is 49.7 Å². The Hall–Kier alpha value is -2.80. The molecule has 2 rings (SSSR count). The van der Waals surface area contributed by atoms with Crippen molar-refractivity contribution in [3.8, 4) is 0 Å². The molecule has 29 heavy (non-hydrogen) atoms. The molecule has 156 valence electrons. The topological polar surface area (TPSA) is 61.4 Å². The summed E-state index contributed by atoms with van der Waals surface area (Å²) < 4.78 is 27.0. The molecule has 0 fully saturated rings. The molecule has 0 radical (unpaired) electrons. The van der Waals surface area contributed by atoms with Crippen LogP contribution in [0.15, 0.2) is 42.5 Å². The average Bonchev–Trinajstić information content (AvgIpc) is 2.68. The summed E-state index contributed by atoms with van der Waals surface area (Å²) in [5.74, 6) is -1.74. The monoisotopic (exact) mass is 403 g/mol. The second kappa shape index (κ2) is 10.1. The third-order valence-electron chi connectivity index (χ3n) is 4.75. The van der Waals surface area contributed by atoms with Crippen LogP contribution < -0.4 is 10.6 Å². The van der Waals surface area contributed by atoms with Crippen LogP contribution in [0.3, 0.4) is 0 Å². The highest BCUT2D eigenvalue weighted by molar-refractivity contribution is 5.98. The highest BCUT2D eigenvalue weighted by Gasteiger charge is 2.19. The normalized spacial score (nSPS) is 12.9. The number of benzene rings is 2. The zero-order chi connectivity index (χ0) is 21.6. The first-order valence-electron chi connectivity index (χ1n) is 9.68.